The molecule has 0 saturated carbocycles. The van der Waals surface area contributed by atoms with Crippen LogP contribution in [0.1, 0.15) is 18.9 Å². The van der Waals surface area contributed by atoms with Gasteiger partial charge < -0.3 is 10.4 Å². The zero-order valence-corrected chi connectivity index (χ0v) is 15.5. The van der Waals surface area contributed by atoms with Crippen LogP contribution >= 0.6 is 11.3 Å². The number of hydrogen-bond donors (Lipinski definition) is 2. The first-order chi connectivity index (χ1) is 13.1. The first kappa shape index (κ1) is 16.4. The molecule has 3 aromatic heterocycles. The van der Waals surface area contributed by atoms with E-state index in [2.05, 4.69) is 20.4 Å². The van der Waals surface area contributed by atoms with Crippen LogP contribution in [0.4, 0.5) is 0 Å². The lowest BCUT2D eigenvalue weighted by Gasteiger charge is -2.24. The van der Waals surface area contributed by atoms with Crippen LogP contribution in [0.2, 0.25) is 0 Å². The molecule has 1 aliphatic rings. The summed E-state index contributed by atoms with van der Waals surface area (Å²) in [5, 5.41) is 19.5. The molecule has 4 heterocycles. The van der Waals surface area contributed by atoms with Crippen LogP contribution in [-0.2, 0) is 7.05 Å². The Kier molecular flexibility index (Phi) is 3.73. The van der Waals surface area contributed by atoms with Crippen molar-refractivity contribution in [3.8, 4) is 16.3 Å². The van der Waals surface area contributed by atoms with Crippen LogP contribution < -0.4 is 10.9 Å². The van der Waals surface area contributed by atoms with E-state index in [-0.39, 0.29) is 17.4 Å². The highest BCUT2D eigenvalue weighted by Crippen LogP contribution is 2.36. The normalized spacial score (nSPS) is 15.7. The topological polar surface area (TPSA) is 97.9 Å². The Labute approximate surface area is 158 Å². The molecule has 2 N–H and O–H groups in total. The van der Waals surface area contributed by atoms with Gasteiger partial charge in [-0.05, 0) is 32.0 Å². The average molecular weight is 382 g/mol. The second-order valence-electron chi connectivity index (χ2n) is 6.84. The van der Waals surface area contributed by atoms with Crippen molar-refractivity contribution in [1.82, 2.24) is 29.6 Å². The predicted molar refractivity (Wildman–Crippen MR) is 104 cm³/mol. The van der Waals surface area contributed by atoms with E-state index < -0.39 is 0 Å². The number of thiazole rings is 1. The highest BCUT2D eigenvalue weighted by atomic mass is 32.1. The molecule has 1 saturated heterocycles. The van der Waals surface area contributed by atoms with E-state index in [1.54, 1.807) is 21.6 Å². The maximum Gasteiger partial charge on any atom is 0.273 e. The minimum absolute atomic E-state index is 0.0578. The fraction of sp³-hybridized carbons (Fsp3) is 0.333. The number of aromatic hydroxyl groups is 1. The van der Waals surface area contributed by atoms with E-state index in [9.17, 15) is 9.90 Å². The van der Waals surface area contributed by atoms with E-state index >= 15 is 0 Å². The van der Waals surface area contributed by atoms with E-state index in [0.717, 1.165) is 31.3 Å². The van der Waals surface area contributed by atoms with Crippen molar-refractivity contribution in [2.75, 3.05) is 13.1 Å². The maximum absolute atomic E-state index is 13.0. The summed E-state index contributed by atoms with van der Waals surface area (Å²) in [6, 6.07) is 3.64. The van der Waals surface area contributed by atoms with Gasteiger partial charge in [0.2, 0.25) is 0 Å². The standard InChI is InChI=1S/C18H18N6O2S/c1-23-8-10-6-12(14(25)7-13(10)22-23)17-21-16-15(27-17)18(26)24(9-20-16)11-2-4-19-5-3-11/h6-9,11,19,25H,2-5H2,1H3. The monoisotopic (exact) mass is 382 g/mol. The SMILES string of the molecule is Cn1cc2cc(-c3nc4ncn(C5CCNCC5)c(=O)c4s3)c(O)cc2n1. The van der Waals surface area contributed by atoms with Crippen molar-refractivity contribution in [3.63, 3.8) is 0 Å². The van der Waals surface area contributed by atoms with Gasteiger partial charge >= 0.3 is 0 Å². The summed E-state index contributed by atoms with van der Waals surface area (Å²) < 4.78 is 3.96. The number of benzene rings is 1. The molecule has 8 nitrogen and oxygen atoms in total. The highest BCUT2D eigenvalue weighted by Gasteiger charge is 2.20. The first-order valence-corrected chi connectivity index (χ1v) is 9.67. The number of phenolic OH excluding ortho intramolecular Hbond substituents is 1. The molecule has 0 spiro atoms. The molecular weight excluding hydrogens is 364 g/mol. The molecule has 0 aliphatic carbocycles. The summed E-state index contributed by atoms with van der Waals surface area (Å²) in [5.74, 6) is 0.0962. The molecule has 5 rings (SSSR count). The summed E-state index contributed by atoms with van der Waals surface area (Å²) in [6.45, 7) is 1.81. The second-order valence-corrected chi connectivity index (χ2v) is 7.84. The number of aromatic nitrogens is 5. The second kappa shape index (κ2) is 6.14. The summed E-state index contributed by atoms with van der Waals surface area (Å²) in [6.07, 6.45) is 5.32. The molecule has 0 unspecified atom stereocenters. The molecule has 9 heteroatoms. The Bertz CT molecular complexity index is 1220. The highest BCUT2D eigenvalue weighted by molar-refractivity contribution is 7.21. The van der Waals surface area contributed by atoms with Crippen molar-refractivity contribution in [3.05, 3.63) is 35.0 Å². The lowest BCUT2D eigenvalue weighted by molar-refractivity contribution is 0.359. The largest absolute Gasteiger partial charge is 0.507 e. The van der Waals surface area contributed by atoms with Gasteiger partial charge in [-0.1, -0.05) is 0 Å². The van der Waals surface area contributed by atoms with Gasteiger partial charge in [-0.25, -0.2) is 9.97 Å². The maximum atomic E-state index is 13.0. The van der Waals surface area contributed by atoms with E-state index in [1.165, 1.54) is 11.3 Å². The number of fused-ring (bicyclic) bond motifs is 2. The summed E-state index contributed by atoms with van der Waals surface area (Å²) in [7, 11) is 1.83. The Hall–Kier alpha value is -2.78. The van der Waals surface area contributed by atoms with Crippen molar-refractivity contribution in [2.24, 2.45) is 7.05 Å². The molecule has 0 bridgehead atoms. The van der Waals surface area contributed by atoms with Crippen molar-refractivity contribution >= 4 is 32.6 Å². The average Bonchev–Trinajstić information content (AvgIpc) is 3.24. The van der Waals surface area contributed by atoms with Gasteiger partial charge in [0.15, 0.2) is 5.65 Å². The fourth-order valence-corrected chi connectivity index (χ4v) is 4.62. The quantitative estimate of drug-likeness (QED) is 0.551. The lowest BCUT2D eigenvalue weighted by atomic mass is 10.1. The van der Waals surface area contributed by atoms with Crippen molar-refractivity contribution in [2.45, 2.75) is 18.9 Å². The van der Waals surface area contributed by atoms with Crippen LogP contribution in [0.15, 0.2) is 29.5 Å². The first-order valence-electron chi connectivity index (χ1n) is 8.85. The Balaban J connectivity index is 1.63. The number of nitrogens with one attached hydrogen (secondary N) is 1. The molecule has 0 amide bonds. The summed E-state index contributed by atoms with van der Waals surface area (Å²) >= 11 is 1.27. The van der Waals surface area contributed by atoms with Crippen molar-refractivity contribution in [1.29, 1.82) is 0 Å². The van der Waals surface area contributed by atoms with Gasteiger partial charge in [0.1, 0.15) is 21.8 Å². The molecule has 0 radical (unpaired) electrons. The third-order valence-corrected chi connectivity index (χ3v) is 6.08. The molecule has 138 valence electrons. The predicted octanol–water partition coefficient (Wildman–Crippen LogP) is 2.04. The van der Waals surface area contributed by atoms with Crippen LogP contribution in [0, 0.1) is 0 Å². The summed E-state index contributed by atoms with van der Waals surface area (Å²) in [5.41, 5.74) is 1.67. The van der Waals surface area contributed by atoms with Gasteiger partial charge in [-0.15, -0.1) is 11.3 Å². The molecule has 4 aromatic rings. The molecular formula is C18H18N6O2S. The number of nitrogens with zero attached hydrogens (tertiary/aromatic N) is 5. The lowest BCUT2D eigenvalue weighted by Crippen LogP contribution is -2.34. The molecule has 1 fully saturated rings. The number of phenols is 1. The van der Waals surface area contributed by atoms with Gasteiger partial charge in [-0.3, -0.25) is 14.0 Å². The van der Waals surface area contributed by atoms with Crippen LogP contribution in [0.3, 0.4) is 0 Å². The minimum Gasteiger partial charge on any atom is -0.507 e. The van der Waals surface area contributed by atoms with Crippen molar-refractivity contribution < 1.29 is 5.11 Å². The van der Waals surface area contributed by atoms with Gasteiger partial charge in [0.25, 0.3) is 5.56 Å². The summed E-state index contributed by atoms with van der Waals surface area (Å²) in [4.78, 5) is 21.9. The van der Waals surface area contributed by atoms with E-state index in [1.807, 2.05) is 19.3 Å². The van der Waals surface area contributed by atoms with E-state index in [4.69, 9.17) is 0 Å². The zero-order chi connectivity index (χ0) is 18.5. The molecule has 0 atom stereocenters. The fourth-order valence-electron chi connectivity index (χ4n) is 3.64. The number of hydrogen-bond acceptors (Lipinski definition) is 7. The van der Waals surface area contributed by atoms with Crippen LogP contribution in [0.25, 0.3) is 31.8 Å². The molecule has 1 aliphatic heterocycles. The number of aryl methyl sites for hydroxylation is 1. The van der Waals surface area contributed by atoms with Crippen LogP contribution in [0.5, 0.6) is 5.75 Å². The number of piperidine rings is 1. The number of rotatable bonds is 2. The Morgan fingerprint density at radius 3 is 2.93 bits per heavy atom. The van der Waals surface area contributed by atoms with Gasteiger partial charge in [0.05, 0.1) is 11.1 Å². The smallest absolute Gasteiger partial charge is 0.273 e. The molecule has 27 heavy (non-hydrogen) atoms. The minimum atomic E-state index is -0.0578. The van der Waals surface area contributed by atoms with E-state index in [0.29, 0.717) is 26.4 Å². The Morgan fingerprint density at radius 2 is 2.11 bits per heavy atom. The third kappa shape index (κ3) is 2.70. The molecule has 1 aromatic carbocycles. The van der Waals surface area contributed by atoms with Crippen LogP contribution in [-0.4, -0.2) is 42.5 Å². The zero-order valence-electron chi connectivity index (χ0n) is 14.7. The van der Waals surface area contributed by atoms with Gasteiger partial charge in [-0.2, -0.15) is 5.10 Å². The Morgan fingerprint density at radius 1 is 1.30 bits per heavy atom. The third-order valence-electron chi connectivity index (χ3n) is 5.01. The van der Waals surface area contributed by atoms with Gasteiger partial charge in [0, 0.05) is 30.7 Å².